The van der Waals surface area contributed by atoms with Gasteiger partial charge in [-0.2, -0.15) is 5.10 Å². The zero-order chi connectivity index (χ0) is 21.6. The highest BCUT2D eigenvalue weighted by molar-refractivity contribution is 6.31. The van der Waals surface area contributed by atoms with E-state index in [2.05, 4.69) is 24.3 Å². The van der Waals surface area contributed by atoms with Gasteiger partial charge in [0.05, 0.1) is 5.69 Å². The molecule has 1 atom stereocenters. The maximum atomic E-state index is 12.5. The fraction of sp³-hybridized carbons (Fsp3) is 0.409. The monoisotopic (exact) mass is 416 g/mol. The average Bonchev–Trinajstić information content (AvgIpc) is 2.92. The molecule has 2 rings (SSSR count). The molecule has 0 spiro atoms. The van der Waals surface area contributed by atoms with Crippen molar-refractivity contribution in [1.29, 1.82) is 0 Å². The summed E-state index contributed by atoms with van der Waals surface area (Å²) in [6.45, 7) is 6.74. The molecule has 0 radical (unpaired) electrons. The minimum atomic E-state index is -0.648. The molecule has 2 aromatic rings. The summed E-state index contributed by atoms with van der Waals surface area (Å²) in [7, 11) is 3.35. The molecule has 1 aromatic heterocycles. The Morgan fingerprint density at radius 2 is 1.90 bits per heavy atom. The van der Waals surface area contributed by atoms with Crippen molar-refractivity contribution in [3.05, 3.63) is 58.4 Å². The van der Waals surface area contributed by atoms with Gasteiger partial charge in [0.1, 0.15) is 11.2 Å². The summed E-state index contributed by atoms with van der Waals surface area (Å²) in [5, 5.41) is 7.75. The first-order valence-electron chi connectivity index (χ1n) is 9.65. The number of amides is 2. The van der Waals surface area contributed by atoms with Crippen LogP contribution in [0.5, 0.6) is 0 Å². The second-order valence-electron chi connectivity index (χ2n) is 7.68. The number of nitrogens with zero attached hydrogens (tertiary/aromatic N) is 3. The molecule has 2 amide bonds. The Bertz CT molecular complexity index is 872. The number of benzene rings is 1. The van der Waals surface area contributed by atoms with E-state index in [1.165, 1.54) is 11.0 Å². The number of hydrogen-bond acceptors (Lipinski definition) is 3. The van der Waals surface area contributed by atoms with Gasteiger partial charge in [-0.3, -0.25) is 14.3 Å². The Labute approximate surface area is 177 Å². The minimum Gasteiger partial charge on any atom is -0.347 e. The van der Waals surface area contributed by atoms with Crippen LogP contribution in [0.25, 0.3) is 6.08 Å². The quantitative estimate of drug-likeness (QED) is 0.671. The molecule has 1 N–H and O–H groups in total. The second kappa shape index (κ2) is 10.3. The Kier molecular flexibility index (Phi) is 8.02. The van der Waals surface area contributed by atoms with Crippen molar-refractivity contribution in [1.82, 2.24) is 20.0 Å². The van der Waals surface area contributed by atoms with E-state index >= 15 is 0 Å². The van der Waals surface area contributed by atoms with E-state index < -0.39 is 6.04 Å². The fourth-order valence-corrected chi connectivity index (χ4v) is 3.27. The maximum Gasteiger partial charge on any atom is 0.244 e. The van der Waals surface area contributed by atoms with Crippen LogP contribution in [0.15, 0.2) is 36.4 Å². The van der Waals surface area contributed by atoms with Crippen molar-refractivity contribution < 1.29 is 9.59 Å². The Morgan fingerprint density at radius 1 is 1.24 bits per heavy atom. The van der Waals surface area contributed by atoms with Gasteiger partial charge < -0.3 is 10.2 Å². The highest BCUT2D eigenvalue weighted by Gasteiger charge is 2.22. The molecule has 0 aliphatic carbocycles. The number of hydrogen-bond donors (Lipinski definition) is 1. The van der Waals surface area contributed by atoms with Gasteiger partial charge in [0, 0.05) is 38.7 Å². The summed E-state index contributed by atoms with van der Waals surface area (Å²) in [5.41, 5.74) is 2.44. The largest absolute Gasteiger partial charge is 0.347 e. The lowest BCUT2D eigenvalue weighted by Gasteiger charge is -2.21. The lowest BCUT2D eigenvalue weighted by molar-refractivity contribution is -0.133. The van der Waals surface area contributed by atoms with Gasteiger partial charge in [-0.25, -0.2) is 0 Å². The van der Waals surface area contributed by atoms with Gasteiger partial charge in [0.15, 0.2) is 0 Å². The minimum absolute atomic E-state index is 0.158. The highest BCUT2D eigenvalue weighted by atomic mass is 35.5. The molecule has 1 unspecified atom stereocenters. The highest BCUT2D eigenvalue weighted by Crippen LogP contribution is 2.22. The summed E-state index contributed by atoms with van der Waals surface area (Å²) in [4.78, 5) is 26.5. The molecular weight excluding hydrogens is 388 g/mol. The van der Waals surface area contributed by atoms with E-state index in [-0.39, 0.29) is 11.8 Å². The molecule has 29 heavy (non-hydrogen) atoms. The predicted molar refractivity (Wildman–Crippen MR) is 117 cm³/mol. The molecule has 0 saturated heterocycles. The van der Waals surface area contributed by atoms with Gasteiger partial charge in [0.25, 0.3) is 0 Å². The van der Waals surface area contributed by atoms with Crippen LogP contribution in [0.4, 0.5) is 0 Å². The molecule has 1 heterocycles. The molecular formula is C22H29ClN4O2. The normalized spacial score (nSPS) is 12.4. The van der Waals surface area contributed by atoms with Crippen LogP contribution >= 0.6 is 11.6 Å². The first-order chi connectivity index (χ1) is 13.7. The standard InChI is InChI=1S/C22H29ClN4O2/c1-15(2)14-27-21(23)18(16(3)25-27)11-12-20(28)24-19(22(29)26(4)5)13-17-9-7-6-8-10-17/h6-12,15,19H,13-14H2,1-5H3,(H,24,28)/b12-11+. The molecule has 0 aliphatic rings. The summed E-state index contributed by atoms with van der Waals surface area (Å²) >= 11 is 6.42. The summed E-state index contributed by atoms with van der Waals surface area (Å²) < 4.78 is 1.74. The summed E-state index contributed by atoms with van der Waals surface area (Å²) in [6, 6.07) is 8.96. The predicted octanol–water partition coefficient (Wildman–Crippen LogP) is 3.33. The van der Waals surface area contributed by atoms with Crippen LogP contribution in [-0.2, 0) is 22.6 Å². The number of aromatic nitrogens is 2. The van der Waals surface area contributed by atoms with Crippen LogP contribution in [0.3, 0.4) is 0 Å². The lowest BCUT2D eigenvalue weighted by atomic mass is 10.0. The Hall–Kier alpha value is -2.60. The molecule has 6 nitrogen and oxygen atoms in total. The number of carbonyl (C=O) groups is 2. The fourth-order valence-electron chi connectivity index (χ4n) is 2.96. The number of nitrogens with one attached hydrogen (secondary N) is 1. The zero-order valence-electron chi connectivity index (χ0n) is 17.6. The van der Waals surface area contributed by atoms with Crippen molar-refractivity contribution in [2.45, 2.75) is 39.8 Å². The van der Waals surface area contributed by atoms with Crippen molar-refractivity contribution in [3.8, 4) is 0 Å². The van der Waals surface area contributed by atoms with Gasteiger partial charge >= 0.3 is 0 Å². The zero-order valence-corrected chi connectivity index (χ0v) is 18.4. The van der Waals surface area contributed by atoms with Gasteiger partial charge in [-0.15, -0.1) is 0 Å². The Balaban J connectivity index is 2.13. The third-order valence-electron chi connectivity index (χ3n) is 4.39. The molecule has 1 aromatic carbocycles. The van der Waals surface area contributed by atoms with E-state index in [9.17, 15) is 9.59 Å². The molecule has 156 valence electrons. The number of rotatable bonds is 8. The third kappa shape index (κ3) is 6.46. The van der Waals surface area contributed by atoms with Crippen LogP contribution in [0.1, 0.15) is 30.7 Å². The van der Waals surface area contributed by atoms with E-state index in [1.54, 1.807) is 24.9 Å². The SMILES string of the molecule is Cc1nn(CC(C)C)c(Cl)c1/C=C/C(=O)NC(Cc1ccccc1)C(=O)N(C)C. The third-order valence-corrected chi connectivity index (χ3v) is 4.79. The maximum absolute atomic E-state index is 12.5. The molecule has 0 aliphatic heterocycles. The smallest absolute Gasteiger partial charge is 0.244 e. The van der Waals surface area contributed by atoms with Crippen LogP contribution in [0, 0.1) is 12.8 Å². The topological polar surface area (TPSA) is 67.2 Å². The summed E-state index contributed by atoms with van der Waals surface area (Å²) in [5.74, 6) is -0.106. The van der Waals surface area contributed by atoms with Crippen molar-refractivity contribution >= 4 is 29.5 Å². The van der Waals surface area contributed by atoms with Crippen molar-refractivity contribution in [3.63, 3.8) is 0 Å². The lowest BCUT2D eigenvalue weighted by Crippen LogP contribution is -2.47. The first-order valence-corrected chi connectivity index (χ1v) is 10.0. The van der Waals surface area contributed by atoms with Gasteiger partial charge in [-0.05, 0) is 24.5 Å². The van der Waals surface area contributed by atoms with Crippen LogP contribution in [0.2, 0.25) is 5.15 Å². The van der Waals surface area contributed by atoms with E-state index in [0.29, 0.717) is 29.6 Å². The molecule has 0 bridgehead atoms. The van der Waals surface area contributed by atoms with Gasteiger partial charge in [0.2, 0.25) is 11.8 Å². The molecule has 0 fully saturated rings. The van der Waals surface area contributed by atoms with E-state index in [1.807, 2.05) is 37.3 Å². The second-order valence-corrected chi connectivity index (χ2v) is 8.04. The van der Waals surface area contributed by atoms with Gasteiger partial charge in [-0.1, -0.05) is 55.8 Å². The van der Waals surface area contributed by atoms with Crippen molar-refractivity contribution in [2.75, 3.05) is 14.1 Å². The van der Waals surface area contributed by atoms with Crippen molar-refractivity contribution in [2.24, 2.45) is 5.92 Å². The van der Waals surface area contributed by atoms with E-state index in [4.69, 9.17) is 11.6 Å². The van der Waals surface area contributed by atoms with E-state index in [0.717, 1.165) is 11.3 Å². The van der Waals surface area contributed by atoms with Crippen LogP contribution in [-0.4, -0.2) is 46.6 Å². The first kappa shape index (κ1) is 22.7. The number of carbonyl (C=O) groups excluding carboxylic acids is 2. The number of aryl methyl sites for hydroxylation is 1. The number of halogens is 1. The average molecular weight is 417 g/mol. The Morgan fingerprint density at radius 3 is 2.48 bits per heavy atom. The number of likely N-dealkylation sites (N-methyl/N-ethyl adjacent to an activating group) is 1. The molecule has 7 heteroatoms. The molecule has 0 saturated carbocycles. The van der Waals surface area contributed by atoms with Crippen LogP contribution < -0.4 is 5.32 Å². The summed E-state index contributed by atoms with van der Waals surface area (Å²) in [6.07, 6.45) is 3.47.